The van der Waals surface area contributed by atoms with E-state index in [0.29, 0.717) is 23.2 Å². The van der Waals surface area contributed by atoms with Gasteiger partial charge in [-0.1, -0.05) is 20.3 Å². The van der Waals surface area contributed by atoms with Crippen LogP contribution in [-0.2, 0) is 0 Å². The number of rotatable bonds is 4. The summed E-state index contributed by atoms with van der Waals surface area (Å²) in [5, 5.41) is 2.84. The van der Waals surface area contributed by atoms with E-state index < -0.39 is 0 Å². The Morgan fingerprint density at radius 1 is 1.79 bits per heavy atom. The number of anilines is 1. The quantitative estimate of drug-likeness (QED) is 0.796. The normalized spacial score (nSPS) is 12.4. The van der Waals surface area contributed by atoms with Gasteiger partial charge in [0.1, 0.15) is 10.7 Å². The minimum Gasteiger partial charge on any atom is -0.383 e. The number of carbonyl (C=O) groups is 1. The highest BCUT2D eigenvalue weighted by Crippen LogP contribution is 2.11. The molecule has 1 amide bonds. The molecule has 1 aromatic heterocycles. The first-order chi connectivity index (χ1) is 6.63. The minimum atomic E-state index is -0.0838. The SMILES string of the molecule is CC[C@@H](C)CNC(=O)c1cc(N)ns1. The van der Waals surface area contributed by atoms with Gasteiger partial charge in [0.15, 0.2) is 0 Å². The van der Waals surface area contributed by atoms with Gasteiger partial charge in [-0.15, -0.1) is 0 Å². The summed E-state index contributed by atoms with van der Waals surface area (Å²) in [6, 6.07) is 1.59. The Balaban J connectivity index is 2.43. The third kappa shape index (κ3) is 2.99. The lowest BCUT2D eigenvalue weighted by molar-refractivity contribution is 0.0952. The molecule has 5 heteroatoms. The molecule has 3 N–H and O–H groups in total. The molecule has 0 radical (unpaired) electrons. The summed E-state index contributed by atoms with van der Waals surface area (Å²) in [5.74, 6) is 0.826. The third-order valence-electron chi connectivity index (χ3n) is 2.06. The fourth-order valence-electron chi connectivity index (χ4n) is 0.894. The van der Waals surface area contributed by atoms with Crippen LogP contribution in [0.15, 0.2) is 6.07 Å². The van der Waals surface area contributed by atoms with E-state index in [1.807, 2.05) is 0 Å². The van der Waals surface area contributed by atoms with E-state index in [9.17, 15) is 4.79 Å². The summed E-state index contributed by atoms with van der Waals surface area (Å²) >= 11 is 1.13. The number of nitrogens with one attached hydrogen (secondary N) is 1. The Bertz CT molecular complexity index is 311. The number of hydrogen-bond donors (Lipinski definition) is 2. The number of amides is 1. The average molecular weight is 213 g/mol. The van der Waals surface area contributed by atoms with E-state index in [1.165, 1.54) is 0 Å². The molecule has 0 bridgehead atoms. The van der Waals surface area contributed by atoms with Crippen LogP contribution in [0.4, 0.5) is 5.82 Å². The second-order valence-corrected chi connectivity index (χ2v) is 4.14. The van der Waals surface area contributed by atoms with Crippen molar-refractivity contribution in [1.82, 2.24) is 9.69 Å². The maximum Gasteiger partial charge on any atom is 0.263 e. The highest BCUT2D eigenvalue weighted by atomic mass is 32.1. The predicted octanol–water partition coefficient (Wildman–Crippen LogP) is 1.50. The van der Waals surface area contributed by atoms with Crippen LogP contribution >= 0.6 is 11.5 Å². The minimum absolute atomic E-state index is 0.0838. The molecule has 0 spiro atoms. The molecule has 4 nitrogen and oxygen atoms in total. The van der Waals surface area contributed by atoms with Crippen molar-refractivity contribution in [3.05, 3.63) is 10.9 Å². The summed E-state index contributed by atoms with van der Waals surface area (Å²) in [6.45, 7) is 4.90. The lowest BCUT2D eigenvalue weighted by Gasteiger charge is -2.08. The Morgan fingerprint density at radius 3 is 3.00 bits per heavy atom. The maximum absolute atomic E-state index is 11.5. The van der Waals surface area contributed by atoms with Crippen LogP contribution < -0.4 is 11.1 Å². The molecule has 14 heavy (non-hydrogen) atoms. The van der Waals surface area contributed by atoms with Crippen LogP contribution in [0, 0.1) is 5.92 Å². The molecule has 1 rings (SSSR count). The molecular weight excluding hydrogens is 198 g/mol. The molecule has 0 saturated carbocycles. The molecule has 1 aromatic rings. The van der Waals surface area contributed by atoms with Gasteiger partial charge in [0.05, 0.1) is 0 Å². The summed E-state index contributed by atoms with van der Waals surface area (Å²) in [4.78, 5) is 12.1. The van der Waals surface area contributed by atoms with Gasteiger partial charge >= 0.3 is 0 Å². The first kappa shape index (κ1) is 11.0. The zero-order valence-electron chi connectivity index (χ0n) is 8.41. The van der Waals surface area contributed by atoms with E-state index in [0.717, 1.165) is 18.0 Å². The largest absolute Gasteiger partial charge is 0.383 e. The van der Waals surface area contributed by atoms with Crippen molar-refractivity contribution in [1.29, 1.82) is 0 Å². The molecular formula is C9H15N3OS. The summed E-state index contributed by atoms with van der Waals surface area (Å²) in [7, 11) is 0. The fourth-order valence-corrected chi connectivity index (χ4v) is 1.48. The highest BCUT2D eigenvalue weighted by molar-refractivity contribution is 7.08. The molecule has 0 aliphatic carbocycles. The van der Waals surface area contributed by atoms with Crippen LogP contribution in [-0.4, -0.2) is 16.8 Å². The van der Waals surface area contributed by atoms with Crippen molar-refractivity contribution >= 4 is 23.3 Å². The zero-order chi connectivity index (χ0) is 10.6. The Morgan fingerprint density at radius 2 is 2.50 bits per heavy atom. The fraction of sp³-hybridized carbons (Fsp3) is 0.556. The molecule has 0 aromatic carbocycles. The number of aromatic nitrogens is 1. The summed E-state index contributed by atoms with van der Waals surface area (Å²) in [6.07, 6.45) is 1.06. The van der Waals surface area contributed by atoms with Crippen LogP contribution in [0.2, 0.25) is 0 Å². The molecule has 0 aliphatic rings. The Hall–Kier alpha value is -1.10. The lowest BCUT2D eigenvalue weighted by Crippen LogP contribution is -2.27. The molecule has 0 aliphatic heterocycles. The van der Waals surface area contributed by atoms with Crippen LogP contribution in [0.5, 0.6) is 0 Å². The molecule has 1 atom stereocenters. The van der Waals surface area contributed by atoms with Gasteiger partial charge in [0.2, 0.25) is 0 Å². The second-order valence-electron chi connectivity index (χ2n) is 3.34. The smallest absolute Gasteiger partial charge is 0.263 e. The molecule has 1 heterocycles. The van der Waals surface area contributed by atoms with Crippen LogP contribution in [0.1, 0.15) is 29.9 Å². The monoisotopic (exact) mass is 213 g/mol. The molecule has 0 saturated heterocycles. The van der Waals surface area contributed by atoms with Gasteiger partial charge in [-0.2, -0.15) is 4.37 Å². The topological polar surface area (TPSA) is 68.0 Å². The van der Waals surface area contributed by atoms with Crippen molar-refractivity contribution in [3.63, 3.8) is 0 Å². The van der Waals surface area contributed by atoms with Gasteiger partial charge < -0.3 is 11.1 Å². The van der Waals surface area contributed by atoms with E-state index in [-0.39, 0.29) is 5.91 Å². The number of nitrogen functional groups attached to an aromatic ring is 1. The van der Waals surface area contributed by atoms with Gasteiger partial charge in [0, 0.05) is 12.6 Å². The van der Waals surface area contributed by atoms with E-state index >= 15 is 0 Å². The predicted molar refractivity (Wildman–Crippen MR) is 58.3 cm³/mol. The van der Waals surface area contributed by atoms with Crippen molar-refractivity contribution < 1.29 is 4.79 Å². The van der Waals surface area contributed by atoms with Crippen LogP contribution in [0.3, 0.4) is 0 Å². The van der Waals surface area contributed by atoms with E-state index in [1.54, 1.807) is 6.07 Å². The van der Waals surface area contributed by atoms with E-state index in [4.69, 9.17) is 5.73 Å². The summed E-state index contributed by atoms with van der Waals surface area (Å²) in [5.41, 5.74) is 5.42. The third-order valence-corrected chi connectivity index (χ3v) is 2.86. The average Bonchev–Trinajstić information content (AvgIpc) is 2.60. The first-order valence-corrected chi connectivity index (χ1v) is 5.41. The Labute approximate surface area is 87.7 Å². The van der Waals surface area contributed by atoms with Crippen molar-refractivity contribution in [3.8, 4) is 0 Å². The first-order valence-electron chi connectivity index (χ1n) is 4.63. The number of nitrogens with zero attached hydrogens (tertiary/aromatic N) is 1. The number of carbonyl (C=O) groups excluding carboxylic acids is 1. The highest BCUT2D eigenvalue weighted by Gasteiger charge is 2.09. The molecule has 0 fully saturated rings. The molecule has 0 unspecified atom stereocenters. The van der Waals surface area contributed by atoms with Gasteiger partial charge in [-0.25, -0.2) is 0 Å². The van der Waals surface area contributed by atoms with Crippen molar-refractivity contribution in [2.24, 2.45) is 5.92 Å². The van der Waals surface area contributed by atoms with Gasteiger partial charge in [-0.3, -0.25) is 4.79 Å². The van der Waals surface area contributed by atoms with Gasteiger partial charge in [0.25, 0.3) is 5.91 Å². The molecule has 78 valence electrons. The standard InChI is InChI=1S/C9H15N3OS/c1-3-6(2)5-11-9(13)7-4-8(10)12-14-7/h4,6H,3,5H2,1-2H3,(H2,10,12)(H,11,13)/t6-/m1/s1. The lowest BCUT2D eigenvalue weighted by atomic mass is 10.1. The van der Waals surface area contributed by atoms with E-state index in [2.05, 4.69) is 23.5 Å². The number of nitrogens with two attached hydrogens (primary N) is 1. The van der Waals surface area contributed by atoms with Crippen LogP contribution in [0.25, 0.3) is 0 Å². The second kappa shape index (κ2) is 4.95. The summed E-state index contributed by atoms with van der Waals surface area (Å²) < 4.78 is 3.84. The van der Waals surface area contributed by atoms with Crippen molar-refractivity contribution in [2.45, 2.75) is 20.3 Å². The maximum atomic E-state index is 11.5. The van der Waals surface area contributed by atoms with Gasteiger partial charge in [-0.05, 0) is 17.5 Å². The number of hydrogen-bond acceptors (Lipinski definition) is 4. The zero-order valence-corrected chi connectivity index (χ0v) is 9.23. The Kier molecular flexibility index (Phi) is 3.88. The van der Waals surface area contributed by atoms with Crippen molar-refractivity contribution in [2.75, 3.05) is 12.3 Å².